The summed E-state index contributed by atoms with van der Waals surface area (Å²) in [6.45, 7) is 2.97. The van der Waals surface area contributed by atoms with Crippen molar-refractivity contribution in [3.8, 4) is 10.8 Å². The van der Waals surface area contributed by atoms with Crippen molar-refractivity contribution < 1.29 is 9.18 Å². The Hall–Kier alpha value is -2.39. The number of aromatic nitrogens is 5. The third-order valence-corrected chi connectivity index (χ3v) is 6.21. The van der Waals surface area contributed by atoms with E-state index in [0.717, 1.165) is 11.5 Å². The highest BCUT2D eigenvalue weighted by Gasteiger charge is 2.49. The molecule has 0 unspecified atom stereocenters. The van der Waals surface area contributed by atoms with Gasteiger partial charge in [0.2, 0.25) is 0 Å². The molecule has 2 aromatic heterocycles. The average Bonchev–Trinajstić information content (AvgIpc) is 3.11. The lowest BCUT2D eigenvalue weighted by atomic mass is 10.1. The lowest BCUT2D eigenvalue weighted by Crippen LogP contribution is -2.41. The molecule has 1 fully saturated rings. The van der Waals surface area contributed by atoms with Gasteiger partial charge in [0.25, 0.3) is 5.91 Å². The van der Waals surface area contributed by atoms with E-state index in [0.29, 0.717) is 53.2 Å². The van der Waals surface area contributed by atoms with Crippen LogP contribution in [0.15, 0.2) is 24.3 Å². The maximum atomic E-state index is 14.2. The van der Waals surface area contributed by atoms with Gasteiger partial charge in [-0.05, 0) is 55.6 Å². The Kier molecular flexibility index (Phi) is 3.99. The third kappa shape index (κ3) is 2.80. The second kappa shape index (κ2) is 6.31. The van der Waals surface area contributed by atoms with Crippen LogP contribution >= 0.6 is 23.1 Å². The standard InChI is InChI=1S/C18H16ClFN6OS/c1-10-13-22-23-14(15-21-17(24-28-15)18(20)6-7-18)26(13)9-8-25(10)16(27)11-2-4-12(19)5-3-11/h2-5,10H,6-9H2,1H3/t10-/m1/s1. The molecular formula is C18H16ClFN6OS. The molecule has 0 bridgehead atoms. The van der Waals surface area contributed by atoms with Crippen LogP contribution in [0.4, 0.5) is 4.39 Å². The summed E-state index contributed by atoms with van der Waals surface area (Å²) >= 11 is 7.05. The molecule has 144 valence electrons. The molecule has 3 heterocycles. The molecule has 1 saturated carbocycles. The van der Waals surface area contributed by atoms with Crippen LogP contribution in [0.25, 0.3) is 10.8 Å². The number of hydrogen-bond acceptors (Lipinski definition) is 6. The lowest BCUT2D eigenvalue weighted by Gasteiger charge is -2.33. The number of hydrogen-bond donors (Lipinski definition) is 0. The SMILES string of the molecule is C[C@@H]1c2nnc(-c3nc(C4(F)CC4)ns3)n2CCN1C(=O)c1ccc(Cl)cc1. The maximum Gasteiger partial charge on any atom is 0.254 e. The van der Waals surface area contributed by atoms with Gasteiger partial charge in [-0.15, -0.1) is 10.2 Å². The zero-order valence-electron chi connectivity index (χ0n) is 15.0. The zero-order chi connectivity index (χ0) is 19.5. The quantitative estimate of drug-likeness (QED) is 0.649. The summed E-state index contributed by atoms with van der Waals surface area (Å²) in [5, 5.41) is 9.69. The zero-order valence-corrected chi connectivity index (χ0v) is 16.5. The van der Waals surface area contributed by atoms with E-state index in [2.05, 4.69) is 19.6 Å². The molecule has 1 aliphatic heterocycles. The van der Waals surface area contributed by atoms with Gasteiger partial charge in [-0.1, -0.05) is 11.6 Å². The van der Waals surface area contributed by atoms with Crippen molar-refractivity contribution in [2.45, 2.75) is 38.0 Å². The van der Waals surface area contributed by atoms with E-state index in [-0.39, 0.29) is 17.8 Å². The number of halogens is 2. The first-order valence-electron chi connectivity index (χ1n) is 8.99. The molecule has 0 radical (unpaired) electrons. The first-order chi connectivity index (χ1) is 13.5. The van der Waals surface area contributed by atoms with E-state index in [1.807, 2.05) is 11.5 Å². The second-order valence-corrected chi connectivity index (χ2v) is 8.29. The average molecular weight is 419 g/mol. The number of carbonyl (C=O) groups is 1. The monoisotopic (exact) mass is 418 g/mol. The lowest BCUT2D eigenvalue weighted by molar-refractivity contribution is 0.0638. The molecule has 2 aliphatic rings. The van der Waals surface area contributed by atoms with Crippen molar-refractivity contribution in [3.63, 3.8) is 0 Å². The Morgan fingerprint density at radius 2 is 2.00 bits per heavy atom. The number of carbonyl (C=O) groups excluding carboxylic acids is 1. The number of fused-ring (bicyclic) bond motifs is 1. The highest BCUT2D eigenvalue weighted by molar-refractivity contribution is 7.09. The van der Waals surface area contributed by atoms with Crippen LogP contribution in [0.2, 0.25) is 5.02 Å². The number of amides is 1. The van der Waals surface area contributed by atoms with Crippen LogP contribution in [0, 0.1) is 0 Å². The van der Waals surface area contributed by atoms with Crippen LogP contribution in [-0.4, -0.2) is 41.5 Å². The minimum Gasteiger partial charge on any atom is -0.327 e. The van der Waals surface area contributed by atoms with Gasteiger partial charge in [0.1, 0.15) is 0 Å². The molecule has 7 nitrogen and oxygen atoms in total. The van der Waals surface area contributed by atoms with Crippen molar-refractivity contribution >= 4 is 29.0 Å². The van der Waals surface area contributed by atoms with E-state index in [4.69, 9.17) is 11.6 Å². The van der Waals surface area contributed by atoms with Gasteiger partial charge < -0.3 is 9.47 Å². The Morgan fingerprint density at radius 1 is 1.25 bits per heavy atom. The molecular weight excluding hydrogens is 403 g/mol. The fourth-order valence-corrected chi connectivity index (χ4v) is 4.27. The fraction of sp³-hybridized carbons (Fsp3) is 0.389. The minimum absolute atomic E-state index is 0.0775. The number of nitrogens with zero attached hydrogens (tertiary/aromatic N) is 6. The van der Waals surface area contributed by atoms with Gasteiger partial charge in [-0.3, -0.25) is 4.79 Å². The van der Waals surface area contributed by atoms with Crippen molar-refractivity contribution in [3.05, 3.63) is 46.5 Å². The summed E-state index contributed by atoms with van der Waals surface area (Å²) in [5.74, 6) is 1.43. The molecule has 1 amide bonds. The van der Waals surface area contributed by atoms with E-state index in [1.54, 1.807) is 29.2 Å². The van der Waals surface area contributed by atoms with Gasteiger partial charge in [0.15, 0.2) is 28.1 Å². The largest absolute Gasteiger partial charge is 0.327 e. The van der Waals surface area contributed by atoms with Crippen molar-refractivity contribution in [2.75, 3.05) is 6.54 Å². The molecule has 28 heavy (non-hydrogen) atoms. The Bertz CT molecular complexity index is 1060. The minimum atomic E-state index is -1.37. The second-order valence-electron chi connectivity index (χ2n) is 7.10. The molecule has 1 atom stereocenters. The summed E-state index contributed by atoms with van der Waals surface area (Å²) in [7, 11) is 0. The first kappa shape index (κ1) is 17.7. The summed E-state index contributed by atoms with van der Waals surface area (Å²) in [4.78, 5) is 19.0. The van der Waals surface area contributed by atoms with Crippen LogP contribution in [0.3, 0.4) is 0 Å². The number of benzene rings is 1. The molecule has 0 saturated heterocycles. The van der Waals surface area contributed by atoms with Gasteiger partial charge >= 0.3 is 0 Å². The van der Waals surface area contributed by atoms with E-state index in [9.17, 15) is 9.18 Å². The van der Waals surface area contributed by atoms with E-state index >= 15 is 0 Å². The van der Waals surface area contributed by atoms with Crippen molar-refractivity contribution in [1.82, 2.24) is 29.0 Å². The van der Waals surface area contributed by atoms with E-state index < -0.39 is 5.67 Å². The van der Waals surface area contributed by atoms with Crippen LogP contribution < -0.4 is 0 Å². The molecule has 3 aromatic rings. The smallest absolute Gasteiger partial charge is 0.254 e. The Labute approximate surface area is 169 Å². The molecule has 5 rings (SSSR count). The van der Waals surface area contributed by atoms with Crippen molar-refractivity contribution in [2.24, 2.45) is 0 Å². The first-order valence-corrected chi connectivity index (χ1v) is 10.1. The maximum absolute atomic E-state index is 14.2. The predicted octanol–water partition coefficient (Wildman–Crippen LogP) is 3.63. The number of alkyl halides is 1. The predicted molar refractivity (Wildman–Crippen MR) is 102 cm³/mol. The molecule has 10 heteroatoms. The van der Waals surface area contributed by atoms with Gasteiger partial charge in [0, 0.05) is 23.7 Å². The molecule has 0 spiro atoms. The van der Waals surface area contributed by atoms with Gasteiger partial charge in [-0.25, -0.2) is 9.37 Å². The molecule has 1 aliphatic carbocycles. The molecule has 1 aromatic carbocycles. The summed E-state index contributed by atoms with van der Waals surface area (Å²) in [5.41, 5.74) is -0.787. The van der Waals surface area contributed by atoms with Crippen LogP contribution in [0.5, 0.6) is 0 Å². The fourth-order valence-electron chi connectivity index (χ4n) is 3.41. The van der Waals surface area contributed by atoms with Gasteiger partial charge in [0.05, 0.1) is 6.04 Å². The highest BCUT2D eigenvalue weighted by Crippen LogP contribution is 2.49. The van der Waals surface area contributed by atoms with Crippen LogP contribution in [0.1, 0.15) is 47.8 Å². The van der Waals surface area contributed by atoms with Crippen molar-refractivity contribution in [1.29, 1.82) is 0 Å². The summed E-state index contributed by atoms with van der Waals surface area (Å²) in [6.07, 6.45) is 0.944. The topological polar surface area (TPSA) is 76.8 Å². The molecule has 0 N–H and O–H groups in total. The third-order valence-electron chi connectivity index (χ3n) is 5.24. The van der Waals surface area contributed by atoms with E-state index in [1.165, 1.54) is 0 Å². The summed E-state index contributed by atoms with van der Waals surface area (Å²) < 4.78 is 20.3. The van der Waals surface area contributed by atoms with Crippen LogP contribution in [-0.2, 0) is 12.2 Å². The Balaban J connectivity index is 1.42. The Morgan fingerprint density at radius 3 is 2.71 bits per heavy atom. The number of rotatable bonds is 3. The highest BCUT2D eigenvalue weighted by atomic mass is 35.5. The van der Waals surface area contributed by atoms with Gasteiger partial charge in [-0.2, -0.15) is 4.37 Å². The normalized spacial score (nSPS) is 20.1. The summed E-state index contributed by atoms with van der Waals surface area (Å²) in [6, 6.07) is 6.59.